The number of aliphatic imine (C=N–C) groups is 1. The summed E-state index contributed by atoms with van der Waals surface area (Å²) in [6, 6.07) is 16.3. The molecule has 0 radical (unpaired) electrons. The van der Waals surface area contributed by atoms with Gasteiger partial charge in [-0.2, -0.15) is 0 Å². The van der Waals surface area contributed by atoms with E-state index in [0.717, 1.165) is 16.5 Å². The number of hydrogen-bond donors (Lipinski definition) is 0. The summed E-state index contributed by atoms with van der Waals surface area (Å²) in [7, 11) is 0. The minimum absolute atomic E-state index is 0.222. The highest BCUT2D eigenvalue weighted by Gasteiger charge is 2.44. The van der Waals surface area contributed by atoms with E-state index in [0.29, 0.717) is 25.1 Å². The third kappa shape index (κ3) is 5.21. The molecule has 0 bridgehead atoms. The maximum absolute atomic E-state index is 13.0. The van der Waals surface area contributed by atoms with E-state index in [1.165, 1.54) is 16.0 Å². The first-order valence-corrected chi connectivity index (χ1v) is 10.8. The van der Waals surface area contributed by atoms with Crippen molar-refractivity contribution in [3.05, 3.63) is 64.6 Å². The highest BCUT2D eigenvalue weighted by molar-refractivity contribution is 9.10. The van der Waals surface area contributed by atoms with Crippen LogP contribution in [0.25, 0.3) is 0 Å². The predicted molar refractivity (Wildman–Crippen MR) is 120 cm³/mol. The minimum atomic E-state index is -1.10. The summed E-state index contributed by atoms with van der Waals surface area (Å²) >= 11 is 3.36. The molecule has 1 heterocycles. The molecule has 156 valence electrons. The number of amides is 4. The lowest BCUT2D eigenvalue weighted by molar-refractivity contribution is -0.145. The van der Waals surface area contributed by atoms with Crippen molar-refractivity contribution in [3.63, 3.8) is 0 Å². The molecule has 1 aliphatic rings. The molecular formula is C23H24BrN3O3. The van der Waals surface area contributed by atoms with Gasteiger partial charge < -0.3 is 0 Å². The number of benzene rings is 2. The van der Waals surface area contributed by atoms with Crippen LogP contribution in [0.15, 0.2) is 64.1 Å². The molecular weight excluding hydrogens is 446 g/mol. The monoisotopic (exact) mass is 469 g/mol. The lowest BCUT2D eigenvalue weighted by atomic mass is 10.0. The molecule has 0 saturated carbocycles. The van der Waals surface area contributed by atoms with E-state index < -0.39 is 23.8 Å². The third-order valence-corrected chi connectivity index (χ3v) is 5.46. The largest absolute Gasteiger partial charge is 0.333 e. The SMILES string of the molecule is CCCCN1C(=O)C(C=Nc2ccc(Br)cc2)C(=O)N(CCc2ccccc2)C1=O. The van der Waals surface area contributed by atoms with E-state index in [4.69, 9.17) is 0 Å². The number of barbiturate groups is 1. The van der Waals surface area contributed by atoms with E-state index in [9.17, 15) is 14.4 Å². The number of rotatable bonds is 8. The summed E-state index contributed by atoms with van der Waals surface area (Å²) in [4.78, 5) is 45.5. The normalized spacial score (nSPS) is 17.3. The maximum atomic E-state index is 13.0. The van der Waals surface area contributed by atoms with E-state index in [1.54, 1.807) is 12.1 Å². The second-order valence-electron chi connectivity index (χ2n) is 7.08. The topological polar surface area (TPSA) is 70.1 Å². The van der Waals surface area contributed by atoms with Gasteiger partial charge in [-0.15, -0.1) is 0 Å². The van der Waals surface area contributed by atoms with Gasteiger partial charge in [-0.05, 0) is 42.7 Å². The van der Waals surface area contributed by atoms with Crippen LogP contribution >= 0.6 is 15.9 Å². The van der Waals surface area contributed by atoms with Gasteiger partial charge in [0, 0.05) is 23.8 Å². The first-order chi connectivity index (χ1) is 14.5. The Kier molecular flexibility index (Phi) is 7.52. The van der Waals surface area contributed by atoms with Crippen molar-refractivity contribution in [3.8, 4) is 0 Å². The van der Waals surface area contributed by atoms with Crippen LogP contribution in [0, 0.1) is 5.92 Å². The average molecular weight is 470 g/mol. The summed E-state index contributed by atoms with van der Waals surface area (Å²) in [6.07, 6.45) is 3.42. The Morgan fingerprint density at radius 2 is 1.57 bits per heavy atom. The van der Waals surface area contributed by atoms with Gasteiger partial charge >= 0.3 is 6.03 Å². The lowest BCUT2D eigenvalue weighted by Gasteiger charge is -2.35. The molecule has 1 unspecified atom stereocenters. The molecule has 1 saturated heterocycles. The molecule has 3 rings (SSSR count). The van der Waals surface area contributed by atoms with E-state index >= 15 is 0 Å². The van der Waals surface area contributed by atoms with Crippen molar-refractivity contribution >= 4 is 45.7 Å². The van der Waals surface area contributed by atoms with Gasteiger partial charge in [0.15, 0.2) is 5.92 Å². The highest BCUT2D eigenvalue weighted by Crippen LogP contribution is 2.21. The summed E-state index contributed by atoms with van der Waals surface area (Å²) < 4.78 is 0.912. The van der Waals surface area contributed by atoms with Crippen LogP contribution in [0.5, 0.6) is 0 Å². The zero-order valence-corrected chi connectivity index (χ0v) is 18.4. The standard InChI is InChI=1S/C23H24BrN3O3/c1-2-3-14-26-21(28)20(16-25-19-11-9-18(24)10-12-19)22(29)27(23(26)30)15-13-17-7-5-4-6-8-17/h4-12,16,20H,2-3,13-15H2,1H3. The lowest BCUT2D eigenvalue weighted by Crippen LogP contribution is -2.60. The summed E-state index contributed by atoms with van der Waals surface area (Å²) in [6.45, 7) is 2.51. The number of carbonyl (C=O) groups excluding carboxylic acids is 3. The van der Waals surface area contributed by atoms with Gasteiger partial charge in [-0.1, -0.05) is 59.6 Å². The molecule has 7 heteroatoms. The number of carbonyl (C=O) groups is 3. The fourth-order valence-electron chi connectivity index (χ4n) is 3.20. The zero-order valence-electron chi connectivity index (χ0n) is 16.8. The first kappa shape index (κ1) is 21.9. The molecule has 2 aromatic carbocycles. The van der Waals surface area contributed by atoms with Crippen LogP contribution in [0.2, 0.25) is 0 Å². The molecule has 1 fully saturated rings. The Labute approximate surface area is 184 Å². The van der Waals surface area contributed by atoms with E-state index in [2.05, 4.69) is 20.9 Å². The van der Waals surface area contributed by atoms with Crippen LogP contribution in [-0.4, -0.2) is 46.9 Å². The number of nitrogens with zero attached hydrogens (tertiary/aromatic N) is 3. The smallest absolute Gasteiger partial charge is 0.273 e. The van der Waals surface area contributed by atoms with E-state index in [-0.39, 0.29) is 6.54 Å². The van der Waals surface area contributed by atoms with Crippen LogP contribution in [0.1, 0.15) is 25.3 Å². The van der Waals surface area contributed by atoms with Gasteiger partial charge in [-0.25, -0.2) is 4.79 Å². The van der Waals surface area contributed by atoms with Crippen LogP contribution in [0.4, 0.5) is 10.5 Å². The van der Waals surface area contributed by atoms with Crippen molar-refractivity contribution in [1.29, 1.82) is 0 Å². The quantitative estimate of drug-likeness (QED) is 0.418. The van der Waals surface area contributed by atoms with Crippen LogP contribution < -0.4 is 0 Å². The third-order valence-electron chi connectivity index (χ3n) is 4.93. The van der Waals surface area contributed by atoms with Gasteiger partial charge in [0.2, 0.25) is 11.8 Å². The fourth-order valence-corrected chi connectivity index (χ4v) is 3.47. The molecule has 1 atom stereocenters. The van der Waals surface area contributed by atoms with Crippen molar-refractivity contribution in [2.75, 3.05) is 13.1 Å². The first-order valence-electron chi connectivity index (χ1n) is 10.0. The summed E-state index contributed by atoms with van der Waals surface area (Å²) in [5, 5.41) is 0. The average Bonchev–Trinajstić information content (AvgIpc) is 2.75. The number of imide groups is 2. The summed E-state index contributed by atoms with van der Waals surface area (Å²) in [5.74, 6) is -2.12. The summed E-state index contributed by atoms with van der Waals surface area (Å²) in [5.41, 5.74) is 1.65. The Morgan fingerprint density at radius 3 is 2.20 bits per heavy atom. The second kappa shape index (κ2) is 10.3. The zero-order chi connectivity index (χ0) is 21.5. The predicted octanol–water partition coefficient (Wildman–Crippen LogP) is 4.60. The highest BCUT2D eigenvalue weighted by atomic mass is 79.9. The molecule has 1 aliphatic heterocycles. The molecule has 0 aromatic heterocycles. The van der Waals surface area contributed by atoms with Gasteiger partial charge in [-0.3, -0.25) is 24.4 Å². The van der Waals surface area contributed by atoms with Crippen molar-refractivity contribution in [1.82, 2.24) is 9.80 Å². The Bertz CT molecular complexity index is 928. The van der Waals surface area contributed by atoms with Gasteiger partial charge in [0.1, 0.15) is 0 Å². The number of hydrogen-bond acceptors (Lipinski definition) is 4. The van der Waals surface area contributed by atoms with E-state index in [1.807, 2.05) is 49.4 Å². The molecule has 6 nitrogen and oxygen atoms in total. The number of unbranched alkanes of at least 4 members (excludes halogenated alkanes) is 1. The second-order valence-corrected chi connectivity index (χ2v) is 8.00. The van der Waals surface area contributed by atoms with Crippen molar-refractivity contribution < 1.29 is 14.4 Å². The van der Waals surface area contributed by atoms with Gasteiger partial charge in [0.05, 0.1) is 5.69 Å². The van der Waals surface area contributed by atoms with Gasteiger partial charge in [0.25, 0.3) is 0 Å². The Morgan fingerprint density at radius 1 is 0.933 bits per heavy atom. The Hall–Kier alpha value is -2.80. The van der Waals surface area contributed by atoms with Crippen molar-refractivity contribution in [2.24, 2.45) is 10.9 Å². The number of halogens is 1. The molecule has 2 aromatic rings. The molecule has 0 aliphatic carbocycles. The van der Waals surface area contributed by atoms with Crippen LogP contribution in [-0.2, 0) is 16.0 Å². The van der Waals surface area contributed by atoms with Crippen molar-refractivity contribution in [2.45, 2.75) is 26.2 Å². The Balaban J connectivity index is 1.82. The number of urea groups is 1. The molecule has 4 amide bonds. The fraction of sp³-hybridized carbons (Fsp3) is 0.304. The minimum Gasteiger partial charge on any atom is -0.273 e. The molecule has 30 heavy (non-hydrogen) atoms. The van der Waals surface area contributed by atoms with Crippen LogP contribution in [0.3, 0.4) is 0 Å². The maximum Gasteiger partial charge on any atom is 0.333 e. The molecule has 0 spiro atoms. The molecule has 0 N–H and O–H groups in total.